The number of carbonyl (C=O) groups excluding carboxylic acids is 2. The quantitative estimate of drug-likeness (QED) is 0.717. The number of para-hydroxylation sites is 2. The van der Waals surface area contributed by atoms with E-state index in [1.807, 2.05) is 72.8 Å². The van der Waals surface area contributed by atoms with Gasteiger partial charge in [-0.25, -0.2) is 4.99 Å². The number of fused-ring (bicyclic) bond motifs is 1. The van der Waals surface area contributed by atoms with Gasteiger partial charge in [0.1, 0.15) is 5.75 Å². The number of nitrogens with zero attached hydrogens (tertiary/aromatic N) is 2. The number of nitrogens with one attached hydrogen (secondary N) is 1. The molecular weight excluding hydrogens is 378 g/mol. The van der Waals surface area contributed by atoms with E-state index in [-0.39, 0.29) is 12.5 Å². The van der Waals surface area contributed by atoms with Crippen LogP contribution in [0.3, 0.4) is 0 Å². The second-order valence-corrected chi connectivity index (χ2v) is 6.83. The highest BCUT2D eigenvalue weighted by molar-refractivity contribution is 6.20. The Morgan fingerprint density at radius 2 is 1.60 bits per heavy atom. The zero-order chi connectivity index (χ0) is 20.9. The Hall–Kier alpha value is -3.93. The first-order chi connectivity index (χ1) is 14.6. The summed E-state index contributed by atoms with van der Waals surface area (Å²) in [5.74, 6) is -0.160. The third-order valence-electron chi connectivity index (χ3n) is 4.80. The Morgan fingerprint density at radius 3 is 2.33 bits per heavy atom. The molecule has 0 aliphatic carbocycles. The van der Waals surface area contributed by atoms with Crippen molar-refractivity contribution in [1.82, 2.24) is 5.32 Å². The van der Waals surface area contributed by atoms with Gasteiger partial charge >= 0.3 is 0 Å². The molecule has 0 aromatic heterocycles. The fourth-order valence-electron chi connectivity index (χ4n) is 3.30. The number of anilines is 1. The van der Waals surface area contributed by atoms with Crippen LogP contribution in [0.1, 0.15) is 11.1 Å². The van der Waals surface area contributed by atoms with Crippen molar-refractivity contribution in [2.45, 2.75) is 6.17 Å². The number of ether oxygens (including phenoxy) is 1. The molecule has 1 aliphatic heterocycles. The molecule has 6 heteroatoms. The summed E-state index contributed by atoms with van der Waals surface area (Å²) in [4.78, 5) is 31.7. The molecule has 1 aliphatic rings. The molecule has 6 nitrogen and oxygen atoms in total. The second-order valence-electron chi connectivity index (χ2n) is 6.83. The summed E-state index contributed by atoms with van der Waals surface area (Å²) >= 11 is 0. The molecule has 0 saturated heterocycles. The van der Waals surface area contributed by atoms with E-state index in [2.05, 4.69) is 10.3 Å². The van der Waals surface area contributed by atoms with E-state index in [1.54, 1.807) is 19.2 Å². The lowest BCUT2D eigenvalue weighted by Crippen LogP contribution is -2.47. The molecular formula is C24H21N3O3. The zero-order valence-electron chi connectivity index (χ0n) is 16.5. The number of hydrogen-bond donors (Lipinski definition) is 1. The van der Waals surface area contributed by atoms with Gasteiger partial charge in [0.25, 0.3) is 11.8 Å². The first-order valence-corrected chi connectivity index (χ1v) is 9.61. The summed E-state index contributed by atoms with van der Waals surface area (Å²) < 4.78 is 5.49. The van der Waals surface area contributed by atoms with Crippen molar-refractivity contribution in [1.29, 1.82) is 0 Å². The lowest BCUT2D eigenvalue weighted by molar-refractivity contribution is -0.128. The average molecular weight is 399 g/mol. The Labute approximate surface area is 174 Å². The largest absolute Gasteiger partial charge is 0.484 e. The summed E-state index contributed by atoms with van der Waals surface area (Å²) in [6.45, 7) is -0.208. The molecule has 0 radical (unpaired) electrons. The van der Waals surface area contributed by atoms with Gasteiger partial charge in [0.2, 0.25) is 6.17 Å². The normalized spacial score (nSPS) is 15.6. The molecule has 30 heavy (non-hydrogen) atoms. The van der Waals surface area contributed by atoms with Crippen LogP contribution in [0, 0.1) is 0 Å². The summed E-state index contributed by atoms with van der Waals surface area (Å²) in [7, 11) is 1.68. The van der Waals surface area contributed by atoms with Gasteiger partial charge in [-0.3, -0.25) is 9.59 Å². The molecule has 4 rings (SSSR count). The Bertz CT molecular complexity index is 1080. The van der Waals surface area contributed by atoms with Gasteiger partial charge in [0.05, 0.1) is 11.4 Å². The first-order valence-electron chi connectivity index (χ1n) is 9.61. The van der Waals surface area contributed by atoms with E-state index in [4.69, 9.17) is 4.74 Å². The molecule has 0 unspecified atom stereocenters. The monoisotopic (exact) mass is 399 g/mol. The van der Waals surface area contributed by atoms with Gasteiger partial charge in [-0.1, -0.05) is 66.7 Å². The van der Waals surface area contributed by atoms with Gasteiger partial charge in [0.15, 0.2) is 6.61 Å². The predicted molar refractivity (Wildman–Crippen MR) is 116 cm³/mol. The second kappa shape index (κ2) is 8.61. The lowest BCUT2D eigenvalue weighted by Gasteiger charge is -2.20. The highest BCUT2D eigenvalue weighted by atomic mass is 16.5. The summed E-state index contributed by atoms with van der Waals surface area (Å²) in [6, 6.07) is 26.2. The smallest absolute Gasteiger partial charge is 0.272 e. The number of likely N-dealkylation sites (N-methyl/N-ethyl adjacent to an activating group) is 1. The van der Waals surface area contributed by atoms with E-state index in [1.165, 1.54) is 4.90 Å². The number of aliphatic imine (C=N–C) groups is 1. The van der Waals surface area contributed by atoms with Crippen LogP contribution < -0.4 is 15.0 Å². The minimum atomic E-state index is -1.05. The van der Waals surface area contributed by atoms with Crippen LogP contribution in [0.25, 0.3) is 0 Å². The number of rotatable bonds is 5. The standard InChI is InChI=1S/C24H21N3O3/c1-27-20-15-9-8-14-19(20)22(17-10-4-2-5-11-17)26-23(24(27)29)25-21(28)16-30-18-12-6-3-7-13-18/h2-15,23H,16H2,1H3,(H,25,28)/t23-/m1/s1. The zero-order valence-corrected chi connectivity index (χ0v) is 16.5. The number of amides is 2. The third kappa shape index (κ3) is 4.07. The fraction of sp³-hybridized carbons (Fsp3) is 0.125. The molecule has 1 atom stereocenters. The van der Waals surface area contributed by atoms with Crippen molar-refractivity contribution in [2.24, 2.45) is 4.99 Å². The van der Waals surface area contributed by atoms with Crippen LogP contribution in [0.4, 0.5) is 5.69 Å². The lowest BCUT2D eigenvalue weighted by atomic mass is 10.0. The predicted octanol–water partition coefficient (Wildman–Crippen LogP) is 3.02. The first kappa shape index (κ1) is 19.4. The summed E-state index contributed by atoms with van der Waals surface area (Å²) in [5, 5.41) is 2.70. The van der Waals surface area contributed by atoms with Crippen LogP contribution in [0.15, 0.2) is 89.9 Å². The molecule has 1 heterocycles. The average Bonchev–Trinajstić information content (AvgIpc) is 2.90. The van der Waals surface area contributed by atoms with Gasteiger partial charge in [0, 0.05) is 18.2 Å². The van der Waals surface area contributed by atoms with E-state index < -0.39 is 12.1 Å². The maximum atomic E-state index is 13.1. The van der Waals surface area contributed by atoms with Crippen molar-refractivity contribution in [3.8, 4) is 5.75 Å². The minimum Gasteiger partial charge on any atom is -0.484 e. The molecule has 0 spiro atoms. The summed E-state index contributed by atoms with van der Waals surface area (Å²) in [5.41, 5.74) is 3.09. The minimum absolute atomic E-state index is 0.208. The SMILES string of the molecule is CN1C(=O)[C@H](NC(=O)COc2ccccc2)N=C(c2ccccc2)c2ccccc21. The molecule has 3 aromatic carbocycles. The van der Waals surface area contributed by atoms with Crippen LogP contribution in [-0.2, 0) is 9.59 Å². The van der Waals surface area contributed by atoms with Crippen LogP contribution in [-0.4, -0.2) is 37.3 Å². The maximum Gasteiger partial charge on any atom is 0.272 e. The van der Waals surface area contributed by atoms with Crippen molar-refractivity contribution in [2.75, 3.05) is 18.6 Å². The van der Waals surface area contributed by atoms with Crippen molar-refractivity contribution >= 4 is 23.2 Å². The van der Waals surface area contributed by atoms with E-state index in [0.717, 1.165) is 16.8 Å². The van der Waals surface area contributed by atoms with Gasteiger partial charge in [-0.15, -0.1) is 0 Å². The Balaban J connectivity index is 1.62. The number of carbonyl (C=O) groups is 2. The van der Waals surface area contributed by atoms with E-state index in [9.17, 15) is 9.59 Å². The van der Waals surface area contributed by atoms with Gasteiger partial charge in [-0.2, -0.15) is 0 Å². The number of benzene rings is 3. The topological polar surface area (TPSA) is 71.0 Å². The molecule has 150 valence electrons. The maximum absolute atomic E-state index is 13.1. The Morgan fingerprint density at radius 1 is 0.967 bits per heavy atom. The van der Waals surface area contributed by atoms with E-state index >= 15 is 0 Å². The van der Waals surface area contributed by atoms with Crippen LogP contribution in [0.2, 0.25) is 0 Å². The molecule has 3 aromatic rings. The van der Waals surface area contributed by atoms with Gasteiger partial charge in [-0.05, 0) is 18.2 Å². The van der Waals surface area contributed by atoms with Crippen LogP contribution >= 0.6 is 0 Å². The molecule has 0 fully saturated rings. The highest BCUT2D eigenvalue weighted by Crippen LogP contribution is 2.27. The van der Waals surface area contributed by atoms with Crippen molar-refractivity contribution in [3.05, 3.63) is 96.1 Å². The van der Waals surface area contributed by atoms with Gasteiger partial charge < -0.3 is 15.0 Å². The third-order valence-corrected chi connectivity index (χ3v) is 4.80. The number of hydrogen-bond acceptors (Lipinski definition) is 4. The summed E-state index contributed by atoms with van der Waals surface area (Å²) in [6.07, 6.45) is -1.05. The molecule has 2 amide bonds. The Kier molecular flexibility index (Phi) is 5.57. The number of benzodiazepines with no additional fused rings is 1. The van der Waals surface area contributed by atoms with Crippen LogP contribution in [0.5, 0.6) is 5.75 Å². The fourth-order valence-corrected chi connectivity index (χ4v) is 3.30. The molecule has 1 N–H and O–H groups in total. The van der Waals surface area contributed by atoms with E-state index in [0.29, 0.717) is 11.5 Å². The van der Waals surface area contributed by atoms with Crippen molar-refractivity contribution in [3.63, 3.8) is 0 Å². The van der Waals surface area contributed by atoms with Crippen molar-refractivity contribution < 1.29 is 14.3 Å². The molecule has 0 bridgehead atoms. The highest BCUT2D eigenvalue weighted by Gasteiger charge is 2.30. The molecule has 0 saturated carbocycles.